The van der Waals surface area contributed by atoms with Gasteiger partial charge in [0.1, 0.15) is 16.5 Å². The molecule has 0 saturated heterocycles. The standard InChI is InChI=1S/C17H11ClFN5S/c18-11-5-3-4-10(8-11)13-9-25-17(21-13)15-16(20)24(23-22-15)14-7-2-1-6-12(14)19/h1-9H,20H2. The predicted octanol–water partition coefficient (Wildman–Crippen LogP) is 4.43. The molecule has 0 atom stereocenters. The van der Waals surface area contributed by atoms with Gasteiger partial charge in [-0.25, -0.2) is 9.37 Å². The zero-order chi connectivity index (χ0) is 17.4. The average molecular weight is 372 g/mol. The Balaban J connectivity index is 1.74. The van der Waals surface area contributed by atoms with Gasteiger partial charge in [-0.15, -0.1) is 16.4 Å². The summed E-state index contributed by atoms with van der Waals surface area (Å²) < 4.78 is 15.2. The van der Waals surface area contributed by atoms with Crippen molar-refractivity contribution in [3.63, 3.8) is 0 Å². The number of thiazole rings is 1. The molecule has 4 rings (SSSR count). The lowest BCUT2D eigenvalue weighted by atomic mass is 10.2. The molecule has 0 aliphatic carbocycles. The molecule has 0 radical (unpaired) electrons. The second-order valence-electron chi connectivity index (χ2n) is 5.23. The Hall–Kier alpha value is -2.77. The molecule has 0 spiro atoms. The van der Waals surface area contributed by atoms with E-state index in [0.29, 0.717) is 15.7 Å². The summed E-state index contributed by atoms with van der Waals surface area (Å²) in [6, 6.07) is 13.7. The van der Waals surface area contributed by atoms with Crippen molar-refractivity contribution >= 4 is 28.8 Å². The van der Waals surface area contributed by atoms with Gasteiger partial charge in [-0.2, -0.15) is 4.68 Å². The summed E-state index contributed by atoms with van der Waals surface area (Å²) in [5.74, 6) is -0.193. The number of anilines is 1. The van der Waals surface area contributed by atoms with Crippen molar-refractivity contribution in [1.29, 1.82) is 0 Å². The Morgan fingerprint density at radius 2 is 1.96 bits per heavy atom. The Morgan fingerprint density at radius 1 is 1.12 bits per heavy atom. The Labute approximate surface area is 151 Å². The maximum Gasteiger partial charge on any atom is 0.165 e. The molecular formula is C17H11ClFN5S. The Kier molecular flexibility index (Phi) is 3.95. The monoisotopic (exact) mass is 371 g/mol. The van der Waals surface area contributed by atoms with Gasteiger partial charge in [0.2, 0.25) is 0 Å². The largest absolute Gasteiger partial charge is 0.382 e. The minimum atomic E-state index is -0.426. The molecular weight excluding hydrogens is 361 g/mol. The molecule has 0 saturated carbocycles. The van der Waals surface area contributed by atoms with Crippen LogP contribution in [-0.2, 0) is 0 Å². The minimum Gasteiger partial charge on any atom is -0.382 e. The summed E-state index contributed by atoms with van der Waals surface area (Å²) in [7, 11) is 0. The molecule has 0 amide bonds. The van der Waals surface area contributed by atoms with Crippen molar-refractivity contribution in [2.45, 2.75) is 0 Å². The molecule has 5 nitrogen and oxygen atoms in total. The first-order chi connectivity index (χ1) is 12.1. The first kappa shape index (κ1) is 15.7. The summed E-state index contributed by atoms with van der Waals surface area (Å²) in [6.45, 7) is 0. The number of aromatic nitrogens is 4. The number of benzene rings is 2. The first-order valence-electron chi connectivity index (χ1n) is 7.31. The van der Waals surface area contributed by atoms with Crippen molar-refractivity contribution in [2.24, 2.45) is 0 Å². The zero-order valence-corrected chi connectivity index (χ0v) is 14.3. The van der Waals surface area contributed by atoms with Gasteiger partial charge in [-0.05, 0) is 24.3 Å². The summed E-state index contributed by atoms with van der Waals surface area (Å²) in [5, 5.41) is 11.2. The molecule has 2 N–H and O–H groups in total. The molecule has 0 unspecified atom stereocenters. The van der Waals surface area contributed by atoms with Gasteiger partial charge >= 0.3 is 0 Å². The molecule has 124 valence electrons. The van der Waals surface area contributed by atoms with Crippen molar-refractivity contribution in [1.82, 2.24) is 20.0 Å². The number of rotatable bonds is 3. The van der Waals surface area contributed by atoms with Crippen LogP contribution in [0.1, 0.15) is 0 Å². The van der Waals surface area contributed by atoms with E-state index in [1.807, 2.05) is 23.6 Å². The lowest BCUT2D eigenvalue weighted by Gasteiger charge is -2.03. The molecule has 8 heteroatoms. The van der Waals surface area contributed by atoms with E-state index in [1.54, 1.807) is 24.3 Å². The molecule has 2 heterocycles. The summed E-state index contributed by atoms with van der Waals surface area (Å²) in [5.41, 5.74) is 8.45. The fraction of sp³-hybridized carbons (Fsp3) is 0. The van der Waals surface area contributed by atoms with Gasteiger partial charge in [0.15, 0.2) is 11.5 Å². The summed E-state index contributed by atoms with van der Waals surface area (Å²) in [6.07, 6.45) is 0. The van der Waals surface area contributed by atoms with E-state index < -0.39 is 5.82 Å². The lowest BCUT2D eigenvalue weighted by molar-refractivity contribution is 0.608. The van der Waals surface area contributed by atoms with E-state index in [4.69, 9.17) is 17.3 Å². The van der Waals surface area contributed by atoms with Gasteiger partial charge in [-0.1, -0.05) is 41.1 Å². The molecule has 4 aromatic rings. The van der Waals surface area contributed by atoms with E-state index >= 15 is 0 Å². The van der Waals surface area contributed by atoms with Crippen molar-refractivity contribution in [3.05, 3.63) is 64.8 Å². The third-order valence-corrected chi connectivity index (χ3v) is 4.70. The molecule has 2 aromatic carbocycles. The van der Waals surface area contributed by atoms with Crippen molar-refractivity contribution in [3.8, 4) is 27.6 Å². The van der Waals surface area contributed by atoms with Crippen LogP contribution in [0.3, 0.4) is 0 Å². The van der Waals surface area contributed by atoms with Gasteiger partial charge < -0.3 is 5.73 Å². The van der Waals surface area contributed by atoms with Crippen LogP contribution in [0.2, 0.25) is 5.02 Å². The van der Waals surface area contributed by atoms with Crippen LogP contribution in [0, 0.1) is 5.82 Å². The van der Waals surface area contributed by atoms with Gasteiger partial charge in [0.25, 0.3) is 0 Å². The SMILES string of the molecule is Nc1c(-c2nc(-c3cccc(Cl)c3)cs2)nnn1-c1ccccc1F. The highest BCUT2D eigenvalue weighted by Crippen LogP contribution is 2.32. The topological polar surface area (TPSA) is 69.6 Å². The zero-order valence-electron chi connectivity index (χ0n) is 12.7. The Bertz CT molecular complexity index is 1060. The highest BCUT2D eigenvalue weighted by atomic mass is 35.5. The van der Waals surface area contributed by atoms with E-state index in [1.165, 1.54) is 22.1 Å². The van der Waals surface area contributed by atoms with Gasteiger partial charge in [0, 0.05) is 16.0 Å². The third-order valence-electron chi connectivity index (χ3n) is 3.61. The van der Waals surface area contributed by atoms with Crippen LogP contribution in [0.25, 0.3) is 27.6 Å². The first-order valence-corrected chi connectivity index (χ1v) is 8.57. The maximum absolute atomic E-state index is 14.0. The van der Waals surface area contributed by atoms with E-state index in [9.17, 15) is 4.39 Å². The van der Waals surface area contributed by atoms with E-state index in [2.05, 4.69) is 15.3 Å². The normalized spacial score (nSPS) is 11.0. The minimum absolute atomic E-state index is 0.233. The molecule has 0 bridgehead atoms. The predicted molar refractivity (Wildman–Crippen MR) is 97.3 cm³/mol. The summed E-state index contributed by atoms with van der Waals surface area (Å²) in [4.78, 5) is 4.55. The lowest BCUT2D eigenvalue weighted by Crippen LogP contribution is -2.04. The highest BCUT2D eigenvalue weighted by molar-refractivity contribution is 7.13. The number of nitrogens with two attached hydrogens (primary N) is 1. The highest BCUT2D eigenvalue weighted by Gasteiger charge is 2.18. The molecule has 0 aliphatic rings. The maximum atomic E-state index is 14.0. The van der Waals surface area contributed by atoms with Crippen LogP contribution < -0.4 is 5.73 Å². The van der Waals surface area contributed by atoms with Crippen molar-refractivity contribution < 1.29 is 4.39 Å². The smallest absolute Gasteiger partial charge is 0.165 e. The number of nitrogens with zero attached hydrogens (tertiary/aromatic N) is 4. The van der Waals surface area contributed by atoms with E-state index in [-0.39, 0.29) is 11.5 Å². The average Bonchev–Trinajstić information content (AvgIpc) is 3.22. The van der Waals surface area contributed by atoms with Crippen molar-refractivity contribution in [2.75, 3.05) is 5.73 Å². The number of para-hydroxylation sites is 1. The molecule has 2 aromatic heterocycles. The number of hydrogen-bond acceptors (Lipinski definition) is 5. The van der Waals surface area contributed by atoms with Crippen LogP contribution in [0.4, 0.5) is 10.2 Å². The Morgan fingerprint density at radius 3 is 2.76 bits per heavy atom. The number of nitrogen functional groups attached to an aromatic ring is 1. The van der Waals surface area contributed by atoms with Crippen LogP contribution >= 0.6 is 22.9 Å². The number of halogens is 2. The van der Waals surface area contributed by atoms with Gasteiger partial charge in [0.05, 0.1) is 5.69 Å². The van der Waals surface area contributed by atoms with Crippen LogP contribution in [-0.4, -0.2) is 20.0 Å². The molecule has 25 heavy (non-hydrogen) atoms. The summed E-state index contributed by atoms with van der Waals surface area (Å²) >= 11 is 7.41. The van der Waals surface area contributed by atoms with Crippen LogP contribution in [0.15, 0.2) is 53.9 Å². The molecule has 0 fully saturated rings. The van der Waals surface area contributed by atoms with Gasteiger partial charge in [-0.3, -0.25) is 0 Å². The quantitative estimate of drug-likeness (QED) is 0.578. The second kappa shape index (κ2) is 6.27. The number of hydrogen-bond donors (Lipinski definition) is 1. The third kappa shape index (κ3) is 2.88. The van der Waals surface area contributed by atoms with Crippen LogP contribution in [0.5, 0.6) is 0 Å². The fourth-order valence-electron chi connectivity index (χ4n) is 2.41. The molecule has 0 aliphatic heterocycles. The fourth-order valence-corrected chi connectivity index (χ4v) is 3.42. The van der Waals surface area contributed by atoms with E-state index in [0.717, 1.165) is 11.3 Å². The second-order valence-corrected chi connectivity index (χ2v) is 6.53.